The standard InChI is InChI=1S/C23H27ClFN5O4/c1-14(9-10-31)30(13-19(32)29-11-15-5-4-7-17(24)21(15)25)20(33)12-28-18-8-3-2-6-16(18)22(26)23(27)34/h2-8,14,26,28,31H,9-13H2,1H3,(H2,27,34)(H,29,32)/t14-/m1/s1. The number of aliphatic hydroxyl groups excluding tert-OH is 1. The van der Waals surface area contributed by atoms with Gasteiger partial charge >= 0.3 is 0 Å². The van der Waals surface area contributed by atoms with E-state index in [-0.39, 0.29) is 48.8 Å². The first-order chi connectivity index (χ1) is 16.1. The van der Waals surface area contributed by atoms with E-state index >= 15 is 0 Å². The van der Waals surface area contributed by atoms with Crippen LogP contribution in [0.3, 0.4) is 0 Å². The van der Waals surface area contributed by atoms with Crippen molar-refractivity contribution >= 4 is 40.7 Å². The zero-order valence-corrected chi connectivity index (χ0v) is 19.4. The summed E-state index contributed by atoms with van der Waals surface area (Å²) in [5.41, 5.74) is 5.58. The predicted molar refractivity (Wildman–Crippen MR) is 127 cm³/mol. The molecule has 0 aliphatic carbocycles. The highest BCUT2D eigenvalue weighted by Gasteiger charge is 2.23. The number of nitrogens with one attached hydrogen (secondary N) is 3. The zero-order chi connectivity index (χ0) is 25.3. The maximum absolute atomic E-state index is 14.0. The third kappa shape index (κ3) is 7.26. The second-order valence-electron chi connectivity index (χ2n) is 7.51. The number of rotatable bonds is 12. The number of amides is 3. The van der Waals surface area contributed by atoms with E-state index in [1.54, 1.807) is 31.2 Å². The topological polar surface area (TPSA) is 149 Å². The molecule has 1 atom stereocenters. The quantitative estimate of drug-likeness (QED) is 0.286. The van der Waals surface area contributed by atoms with Crippen LogP contribution < -0.4 is 16.4 Å². The maximum Gasteiger partial charge on any atom is 0.267 e. The average molecular weight is 492 g/mol. The summed E-state index contributed by atoms with van der Waals surface area (Å²) >= 11 is 5.75. The molecule has 0 aromatic heterocycles. The number of carbonyl (C=O) groups excluding carboxylic acids is 3. The van der Waals surface area contributed by atoms with Crippen LogP contribution in [0.15, 0.2) is 42.5 Å². The average Bonchev–Trinajstić information content (AvgIpc) is 2.81. The normalized spacial score (nSPS) is 11.4. The number of halogens is 2. The molecule has 0 radical (unpaired) electrons. The van der Waals surface area contributed by atoms with Gasteiger partial charge in [-0.1, -0.05) is 41.9 Å². The molecule has 0 fully saturated rings. The number of nitrogens with two attached hydrogens (primary N) is 1. The van der Waals surface area contributed by atoms with Gasteiger partial charge in [-0.05, 0) is 25.5 Å². The van der Waals surface area contributed by atoms with Crippen LogP contribution in [-0.4, -0.2) is 59.2 Å². The molecule has 0 unspecified atom stereocenters. The minimum Gasteiger partial charge on any atom is -0.396 e. The van der Waals surface area contributed by atoms with Crippen LogP contribution in [-0.2, 0) is 20.9 Å². The Morgan fingerprint density at radius 2 is 1.91 bits per heavy atom. The number of aliphatic hydroxyl groups is 1. The van der Waals surface area contributed by atoms with E-state index < -0.39 is 35.3 Å². The van der Waals surface area contributed by atoms with Crippen LogP contribution >= 0.6 is 11.6 Å². The molecule has 2 aromatic carbocycles. The molecule has 6 N–H and O–H groups in total. The Labute approximate surface area is 201 Å². The molecule has 0 aliphatic heterocycles. The van der Waals surface area contributed by atoms with Gasteiger partial charge in [0.2, 0.25) is 11.8 Å². The van der Waals surface area contributed by atoms with Gasteiger partial charge in [-0.25, -0.2) is 4.39 Å². The fourth-order valence-electron chi connectivity index (χ4n) is 3.18. The highest BCUT2D eigenvalue weighted by atomic mass is 35.5. The SMILES string of the molecule is C[C@H](CCO)N(CC(=O)NCc1cccc(Cl)c1F)C(=O)CNc1ccccc1C(=N)C(N)=O. The van der Waals surface area contributed by atoms with Gasteiger partial charge in [0.15, 0.2) is 0 Å². The fourth-order valence-corrected chi connectivity index (χ4v) is 3.38. The summed E-state index contributed by atoms with van der Waals surface area (Å²) in [6.07, 6.45) is 0.241. The number of nitrogens with zero attached hydrogens (tertiary/aromatic N) is 1. The van der Waals surface area contributed by atoms with Crippen LogP contribution in [0, 0.1) is 11.2 Å². The smallest absolute Gasteiger partial charge is 0.267 e. The van der Waals surface area contributed by atoms with Crippen molar-refractivity contribution in [3.05, 3.63) is 64.4 Å². The summed E-state index contributed by atoms with van der Waals surface area (Å²) in [6.45, 7) is 0.835. The van der Waals surface area contributed by atoms with Gasteiger partial charge in [0.05, 0.1) is 18.1 Å². The molecular formula is C23H27ClFN5O4. The summed E-state index contributed by atoms with van der Waals surface area (Å²) in [4.78, 5) is 38.1. The molecule has 0 heterocycles. The van der Waals surface area contributed by atoms with Crippen molar-refractivity contribution in [3.8, 4) is 0 Å². The van der Waals surface area contributed by atoms with E-state index in [0.29, 0.717) is 5.69 Å². The zero-order valence-electron chi connectivity index (χ0n) is 18.6. The number of benzene rings is 2. The predicted octanol–water partition coefficient (Wildman–Crippen LogP) is 1.66. The van der Waals surface area contributed by atoms with Crippen molar-refractivity contribution < 1.29 is 23.9 Å². The monoisotopic (exact) mass is 491 g/mol. The number of hydrogen-bond donors (Lipinski definition) is 5. The molecule has 0 spiro atoms. The summed E-state index contributed by atoms with van der Waals surface area (Å²) in [7, 11) is 0. The van der Waals surface area contributed by atoms with E-state index in [1.807, 2.05) is 0 Å². The van der Waals surface area contributed by atoms with Gasteiger partial charge in [-0.3, -0.25) is 19.8 Å². The second-order valence-corrected chi connectivity index (χ2v) is 7.92. The molecule has 0 saturated carbocycles. The lowest BCUT2D eigenvalue weighted by atomic mass is 10.1. The molecule has 11 heteroatoms. The first-order valence-electron chi connectivity index (χ1n) is 10.5. The summed E-state index contributed by atoms with van der Waals surface area (Å²) < 4.78 is 14.0. The van der Waals surface area contributed by atoms with Gasteiger partial charge in [-0.2, -0.15) is 0 Å². The molecule has 0 saturated heterocycles. The van der Waals surface area contributed by atoms with Crippen molar-refractivity contribution in [1.82, 2.24) is 10.2 Å². The van der Waals surface area contributed by atoms with Crippen molar-refractivity contribution in [2.24, 2.45) is 5.73 Å². The first-order valence-corrected chi connectivity index (χ1v) is 10.8. The van der Waals surface area contributed by atoms with Gasteiger partial charge < -0.3 is 26.4 Å². The lowest BCUT2D eigenvalue weighted by Gasteiger charge is -2.29. The molecule has 9 nitrogen and oxygen atoms in total. The van der Waals surface area contributed by atoms with Crippen molar-refractivity contribution in [2.45, 2.75) is 25.9 Å². The number of hydrogen-bond acceptors (Lipinski definition) is 6. The number of primary amides is 1. The van der Waals surface area contributed by atoms with Crippen molar-refractivity contribution in [2.75, 3.05) is 25.0 Å². The number of anilines is 1. The summed E-state index contributed by atoms with van der Waals surface area (Å²) in [6, 6.07) is 10.4. The fraction of sp³-hybridized carbons (Fsp3) is 0.304. The third-order valence-electron chi connectivity index (χ3n) is 5.09. The Balaban J connectivity index is 2.07. The van der Waals surface area contributed by atoms with E-state index in [9.17, 15) is 23.9 Å². The van der Waals surface area contributed by atoms with Gasteiger partial charge in [0.25, 0.3) is 5.91 Å². The van der Waals surface area contributed by atoms with Crippen LogP contribution in [0.25, 0.3) is 0 Å². The molecule has 0 bridgehead atoms. The molecular weight excluding hydrogens is 465 g/mol. The van der Waals surface area contributed by atoms with Gasteiger partial charge in [0, 0.05) is 36.0 Å². The lowest BCUT2D eigenvalue weighted by Crippen LogP contribution is -2.47. The van der Waals surface area contributed by atoms with Crippen LogP contribution in [0.5, 0.6) is 0 Å². The molecule has 2 aromatic rings. The van der Waals surface area contributed by atoms with E-state index in [0.717, 1.165) is 0 Å². The summed E-state index contributed by atoms with van der Waals surface area (Å²) in [5.74, 6) is -2.51. The minimum atomic E-state index is -0.911. The maximum atomic E-state index is 14.0. The lowest BCUT2D eigenvalue weighted by molar-refractivity contribution is -0.137. The molecule has 2 rings (SSSR count). The molecule has 182 valence electrons. The highest BCUT2D eigenvalue weighted by Crippen LogP contribution is 2.18. The Bertz CT molecular complexity index is 1070. The van der Waals surface area contributed by atoms with Crippen molar-refractivity contribution in [3.63, 3.8) is 0 Å². The number of para-hydroxylation sites is 1. The number of carbonyl (C=O) groups is 3. The van der Waals surface area contributed by atoms with Crippen LogP contribution in [0.2, 0.25) is 5.02 Å². The molecule has 3 amide bonds. The Morgan fingerprint density at radius 3 is 2.59 bits per heavy atom. The van der Waals surface area contributed by atoms with Gasteiger partial charge in [-0.15, -0.1) is 0 Å². The van der Waals surface area contributed by atoms with E-state index in [1.165, 1.54) is 23.1 Å². The Hall–Kier alpha value is -3.50. The van der Waals surface area contributed by atoms with Gasteiger partial charge in [0.1, 0.15) is 11.5 Å². The largest absolute Gasteiger partial charge is 0.396 e. The van der Waals surface area contributed by atoms with Crippen molar-refractivity contribution in [1.29, 1.82) is 5.41 Å². The molecule has 0 aliphatic rings. The van der Waals surface area contributed by atoms with E-state index in [2.05, 4.69) is 10.6 Å². The van der Waals surface area contributed by atoms with Crippen LogP contribution in [0.4, 0.5) is 10.1 Å². The third-order valence-corrected chi connectivity index (χ3v) is 5.39. The Morgan fingerprint density at radius 1 is 1.21 bits per heavy atom. The minimum absolute atomic E-state index is 0.0594. The highest BCUT2D eigenvalue weighted by molar-refractivity contribution is 6.44. The second kappa shape index (κ2) is 12.7. The molecule has 34 heavy (non-hydrogen) atoms. The summed E-state index contributed by atoms with van der Waals surface area (Å²) in [5, 5.41) is 22.5. The first kappa shape index (κ1) is 26.7. The van der Waals surface area contributed by atoms with E-state index in [4.69, 9.17) is 22.7 Å². The Kier molecular flexibility index (Phi) is 9.96. The van der Waals surface area contributed by atoms with Crippen LogP contribution in [0.1, 0.15) is 24.5 Å².